The number of benzene rings is 2. The highest BCUT2D eigenvalue weighted by Crippen LogP contribution is 2.27. The number of hydrogen-bond donors (Lipinski definition) is 1. The lowest BCUT2D eigenvalue weighted by Crippen LogP contribution is -3.15. The Morgan fingerprint density at radius 1 is 1.00 bits per heavy atom. The summed E-state index contributed by atoms with van der Waals surface area (Å²) in [6.07, 6.45) is 0.993. The van der Waals surface area contributed by atoms with Crippen LogP contribution in [0.4, 0.5) is 5.69 Å². The Balaban J connectivity index is 1.45. The van der Waals surface area contributed by atoms with Gasteiger partial charge in [-0.1, -0.05) is 31.2 Å². The Labute approximate surface area is 183 Å². The molecule has 4 rings (SSSR count). The summed E-state index contributed by atoms with van der Waals surface area (Å²) in [5.41, 5.74) is 2.32. The van der Waals surface area contributed by atoms with Crippen LogP contribution in [0.25, 0.3) is 0 Å². The summed E-state index contributed by atoms with van der Waals surface area (Å²) in [4.78, 5) is 3.94. The van der Waals surface area contributed by atoms with Crippen LogP contribution in [-0.2, 0) is 6.54 Å². The molecule has 2 heterocycles. The van der Waals surface area contributed by atoms with Crippen LogP contribution >= 0.6 is 0 Å². The molecule has 1 N–H and O–H groups in total. The number of quaternary nitrogens is 1. The van der Waals surface area contributed by atoms with E-state index in [-0.39, 0.29) is 6.04 Å². The summed E-state index contributed by atoms with van der Waals surface area (Å²) < 4.78 is 12.7. The zero-order valence-electron chi connectivity index (χ0n) is 18.5. The molecule has 2 aromatic carbocycles. The van der Waals surface area contributed by atoms with Crippen LogP contribution in [0.5, 0.6) is 11.5 Å². The van der Waals surface area contributed by atoms with E-state index in [0.29, 0.717) is 6.54 Å². The lowest BCUT2D eigenvalue weighted by Gasteiger charge is -2.37. The summed E-state index contributed by atoms with van der Waals surface area (Å²) in [5.74, 6) is 2.74. The number of aromatic nitrogens is 4. The van der Waals surface area contributed by atoms with Crippen molar-refractivity contribution < 1.29 is 14.4 Å². The number of hydrogen-bond acceptors (Lipinski definition) is 6. The van der Waals surface area contributed by atoms with Crippen LogP contribution < -0.4 is 19.3 Å². The molecule has 0 bridgehead atoms. The fraction of sp³-hybridized carbons (Fsp3) is 0.435. The Morgan fingerprint density at radius 2 is 1.74 bits per heavy atom. The van der Waals surface area contributed by atoms with Crippen molar-refractivity contribution in [2.75, 3.05) is 45.3 Å². The zero-order chi connectivity index (χ0) is 21.6. The molecule has 1 saturated heterocycles. The maximum Gasteiger partial charge on any atom is 0.209 e. The monoisotopic (exact) mass is 423 g/mol. The number of tetrazole rings is 1. The molecule has 0 spiro atoms. The van der Waals surface area contributed by atoms with E-state index in [9.17, 15) is 0 Å². The van der Waals surface area contributed by atoms with Gasteiger partial charge in [0, 0.05) is 6.42 Å². The largest absolute Gasteiger partial charge is 0.497 e. The van der Waals surface area contributed by atoms with Gasteiger partial charge in [0.15, 0.2) is 0 Å². The second kappa shape index (κ2) is 9.78. The number of para-hydroxylation sites is 2. The summed E-state index contributed by atoms with van der Waals surface area (Å²) in [7, 11) is 3.41. The van der Waals surface area contributed by atoms with Crippen molar-refractivity contribution in [1.29, 1.82) is 0 Å². The topological polar surface area (TPSA) is 69.7 Å². The number of ether oxygens (including phenoxy) is 2. The summed E-state index contributed by atoms with van der Waals surface area (Å²) in [5, 5.41) is 12.7. The van der Waals surface area contributed by atoms with Crippen LogP contribution in [0, 0.1) is 0 Å². The fourth-order valence-electron chi connectivity index (χ4n) is 4.41. The van der Waals surface area contributed by atoms with Gasteiger partial charge in [0.25, 0.3) is 0 Å². The van der Waals surface area contributed by atoms with Crippen molar-refractivity contribution in [2.45, 2.75) is 25.9 Å². The van der Waals surface area contributed by atoms with Crippen LogP contribution in [0.2, 0.25) is 0 Å². The first-order chi connectivity index (χ1) is 15.2. The van der Waals surface area contributed by atoms with Gasteiger partial charge in [0.05, 0.1) is 52.6 Å². The first-order valence-electron chi connectivity index (χ1n) is 10.8. The molecule has 1 fully saturated rings. The predicted molar refractivity (Wildman–Crippen MR) is 119 cm³/mol. The van der Waals surface area contributed by atoms with E-state index in [2.05, 4.69) is 51.6 Å². The molecule has 0 radical (unpaired) electrons. The van der Waals surface area contributed by atoms with Crippen LogP contribution in [0.1, 0.15) is 30.8 Å². The van der Waals surface area contributed by atoms with Gasteiger partial charge in [-0.2, -0.15) is 0 Å². The smallest absolute Gasteiger partial charge is 0.209 e. The molecule has 0 aliphatic carbocycles. The number of anilines is 1. The Kier molecular flexibility index (Phi) is 6.66. The molecule has 8 nitrogen and oxygen atoms in total. The molecule has 31 heavy (non-hydrogen) atoms. The van der Waals surface area contributed by atoms with Gasteiger partial charge in [-0.15, -0.1) is 5.10 Å². The van der Waals surface area contributed by atoms with Crippen molar-refractivity contribution in [3.05, 3.63) is 59.9 Å². The molecular formula is C23H31N6O2+. The first kappa shape index (κ1) is 21.1. The lowest BCUT2D eigenvalue weighted by molar-refractivity contribution is -0.933. The second-order valence-corrected chi connectivity index (χ2v) is 7.82. The Bertz CT molecular complexity index is 966. The van der Waals surface area contributed by atoms with Gasteiger partial charge in [0.2, 0.25) is 5.82 Å². The van der Waals surface area contributed by atoms with Gasteiger partial charge in [0.1, 0.15) is 17.5 Å². The molecule has 1 aromatic heterocycles. The molecule has 164 valence electrons. The number of piperazine rings is 1. The summed E-state index contributed by atoms with van der Waals surface area (Å²) in [6.45, 7) is 6.90. The minimum absolute atomic E-state index is 0.271. The van der Waals surface area contributed by atoms with E-state index in [0.717, 1.165) is 55.5 Å². The van der Waals surface area contributed by atoms with E-state index in [1.807, 2.05) is 28.9 Å². The minimum Gasteiger partial charge on any atom is -0.497 e. The average Bonchev–Trinajstić information content (AvgIpc) is 3.28. The van der Waals surface area contributed by atoms with Crippen LogP contribution in [-0.4, -0.2) is 60.6 Å². The number of nitrogens with one attached hydrogen (secondary N) is 1. The zero-order valence-corrected chi connectivity index (χ0v) is 18.5. The van der Waals surface area contributed by atoms with Gasteiger partial charge in [-0.05, 0) is 40.3 Å². The first-order valence-corrected chi connectivity index (χ1v) is 10.8. The number of nitrogens with zero attached hydrogens (tertiary/aromatic N) is 5. The van der Waals surface area contributed by atoms with Crippen molar-refractivity contribution in [3.63, 3.8) is 0 Å². The average molecular weight is 424 g/mol. The maximum absolute atomic E-state index is 5.55. The molecule has 1 aliphatic heterocycles. The van der Waals surface area contributed by atoms with E-state index in [1.54, 1.807) is 14.2 Å². The van der Waals surface area contributed by atoms with Crippen molar-refractivity contribution in [2.24, 2.45) is 0 Å². The Hall–Kier alpha value is -3.13. The molecule has 8 heteroatoms. The van der Waals surface area contributed by atoms with Crippen molar-refractivity contribution in [1.82, 2.24) is 20.2 Å². The normalized spacial score (nSPS) is 15.6. The van der Waals surface area contributed by atoms with E-state index in [4.69, 9.17) is 9.47 Å². The molecule has 0 unspecified atom stereocenters. The maximum atomic E-state index is 5.55. The van der Waals surface area contributed by atoms with Gasteiger partial charge >= 0.3 is 0 Å². The highest BCUT2D eigenvalue weighted by atomic mass is 16.5. The number of rotatable bonds is 8. The minimum atomic E-state index is 0.271. The SMILES string of the molecule is CC[C@H](c1nnnn1Cc1ccc(OC)cc1)[NH+]1CCN(c2ccccc2OC)CC1. The molecule has 1 aliphatic rings. The number of methoxy groups -OCH3 is 2. The molecular weight excluding hydrogens is 392 g/mol. The van der Waals surface area contributed by atoms with Gasteiger partial charge < -0.3 is 19.3 Å². The second-order valence-electron chi connectivity index (χ2n) is 7.82. The standard InChI is InChI=1S/C23H30N6O2/c1-4-20(23-24-25-26-29(23)17-18-9-11-19(30-2)12-10-18)27-13-15-28(16-14-27)21-7-5-6-8-22(21)31-3/h5-12,20H,4,13-17H2,1-3H3/p+1/t20-/m1/s1. The van der Waals surface area contributed by atoms with E-state index < -0.39 is 0 Å². The summed E-state index contributed by atoms with van der Waals surface area (Å²) in [6, 6.07) is 16.6. The van der Waals surface area contributed by atoms with Crippen LogP contribution in [0.3, 0.4) is 0 Å². The van der Waals surface area contributed by atoms with Gasteiger partial charge in [-0.3, -0.25) is 0 Å². The molecule has 0 saturated carbocycles. The van der Waals surface area contributed by atoms with Crippen molar-refractivity contribution in [3.8, 4) is 11.5 Å². The third-order valence-electron chi connectivity index (χ3n) is 6.10. The fourth-order valence-corrected chi connectivity index (χ4v) is 4.41. The van der Waals surface area contributed by atoms with Crippen LogP contribution in [0.15, 0.2) is 48.5 Å². The van der Waals surface area contributed by atoms with E-state index >= 15 is 0 Å². The Morgan fingerprint density at radius 3 is 2.42 bits per heavy atom. The molecule has 3 aromatic rings. The third kappa shape index (κ3) is 4.64. The third-order valence-corrected chi connectivity index (χ3v) is 6.10. The summed E-state index contributed by atoms with van der Waals surface area (Å²) >= 11 is 0. The van der Waals surface area contributed by atoms with E-state index in [1.165, 1.54) is 10.6 Å². The molecule has 1 atom stereocenters. The molecule has 0 amide bonds. The van der Waals surface area contributed by atoms with Crippen molar-refractivity contribution >= 4 is 5.69 Å². The highest BCUT2D eigenvalue weighted by molar-refractivity contribution is 5.58. The highest BCUT2D eigenvalue weighted by Gasteiger charge is 2.32. The lowest BCUT2D eigenvalue weighted by atomic mass is 10.1. The quantitative estimate of drug-likeness (QED) is 0.594. The predicted octanol–water partition coefficient (Wildman–Crippen LogP) is 1.59. The van der Waals surface area contributed by atoms with Gasteiger partial charge in [-0.25, -0.2) is 4.68 Å².